The standard InChI is InChI=1S/C29H34N2O6/c1-4-7-21-24(12-9-19-10-13-26(29(32)33)37-27(19)21)35-17-6-18-36-25-14-11-20(23-15-16-30-31-23)28(34-3)22(25)8-5-2/h5,9,11-12,14-16,26H,2,4,6-8,10,13,17-18H2,1,3H3,(H,30,31)(H,32,33). The molecule has 2 heterocycles. The summed E-state index contributed by atoms with van der Waals surface area (Å²) in [5.41, 5.74) is 4.69. The Morgan fingerprint density at radius 2 is 1.95 bits per heavy atom. The normalized spacial score (nSPS) is 14.4. The summed E-state index contributed by atoms with van der Waals surface area (Å²) in [6, 6.07) is 9.74. The molecule has 0 spiro atoms. The number of benzene rings is 2. The highest BCUT2D eigenvalue weighted by Gasteiger charge is 2.28. The molecule has 0 radical (unpaired) electrons. The first-order chi connectivity index (χ1) is 18.1. The maximum absolute atomic E-state index is 11.5. The molecule has 1 aliphatic heterocycles. The number of carboxylic acids is 1. The van der Waals surface area contributed by atoms with Crippen molar-refractivity contribution >= 4 is 5.97 Å². The number of allylic oxidation sites excluding steroid dienone is 1. The molecule has 1 unspecified atom stereocenters. The molecule has 0 bridgehead atoms. The van der Waals surface area contributed by atoms with Gasteiger partial charge in [0.1, 0.15) is 23.0 Å². The minimum absolute atomic E-state index is 0.456. The fourth-order valence-electron chi connectivity index (χ4n) is 4.64. The van der Waals surface area contributed by atoms with Crippen molar-refractivity contribution in [3.63, 3.8) is 0 Å². The minimum Gasteiger partial charge on any atom is -0.496 e. The smallest absolute Gasteiger partial charge is 0.344 e. The quantitative estimate of drug-likeness (QED) is 0.237. The van der Waals surface area contributed by atoms with Gasteiger partial charge in [-0.25, -0.2) is 4.79 Å². The second-order valence-corrected chi connectivity index (χ2v) is 8.90. The monoisotopic (exact) mass is 506 g/mol. The highest BCUT2D eigenvalue weighted by molar-refractivity contribution is 5.74. The molecular formula is C29H34N2O6. The van der Waals surface area contributed by atoms with E-state index in [1.807, 2.05) is 36.4 Å². The van der Waals surface area contributed by atoms with Crippen LogP contribution >= 0.6 is 0 Å². The van der Waals surface area contributed by atoms with Crippen LogP contribution in [0.5, 0.6) is 23.0 Å². The van der Waals surface area contributed by atoms with Gasteiger partial charge in [-0.3, -0.25) is 5.10 Å². The van der Waals surface area contributed by atoms with Crippen LogP contribution in [0.2, 0.25) is 0 Å². The van der Waals surface area contributed by atoms with Gasteiger partial charge in [0.05, 0.1) is 26.0 Å². The van der Waals surface area contributed by atoms with Crippen molar-refractivity contribution in [1.82, 2.24) is 10.2 Å². The largest absolute Gasteiger partial charge is 0.496 e. The van der Waals surface area contributed by atoms with Gasteiger partial charge < -0.3 is 24.1 Å². The summed E-state index contributed by atoms with van der Waals surface area (Å²) < 4.78 is 23.8. The Labute approximate surface area is 217 Å². The van der Waals surface area contributed by atoms with Gasteiger partial charge in [-0.1, -0.05) is 25.5 Å². The number of aliphatic carboxylic acids is 1. The van der Waals surface area contributed by atoms with Crippen LogP contribution in [0.4, 0.5) is 0 Å². The summed E-state index contributed by atoms with van der Waals surface area (Å²) in [4.78, 5) is 11.5. The summed E-state index contributed by atoms with van der Waals surface area (Å²) in [5, 5.41) is 16.4. The average molecular weight is 507 g/mol. The lowest BCUT2D eigenvalue weighted by Gasteiger charge is -2.26. The number of fused-ring (bicyclic) bond motifs is 1. The van der Waals surface area contributed by atoms with Crippen LogP contribution < -0.4 is 18.9 Å². The van der Waals surface area contributed by atoms with Crippen molar-refractivity contribution in [2.45, 2.75) is 51.6 Å². The first kappa shape index (κ1) is 26.1. The fraction of sp³-hybridized carbons (Fsp3) is 0.379. The van der Waals surface area contributed by atoms with Crippen LogP contribution in [-0.4, -0.2) is 47.7 Å². The van der Waals surface area contributed by atoms with E-state index in [1.165, 1.54) is 0 Å². The summed E-state index contributed by atoms with van der Waals surface area (Å²) in [6.07, 6.45) is 6.81. The van der Waals surface area contributed by atoms with Crippen molar-refractivity contribution in [3.8, 4) is 34.3 Å². The van der Waals surface area contributed by atoms with Gasteiger partial charge in [-0.15, -0.1) is 6.58 Å². The van der Waals surface area contributed by atoms with E-state index < -0.39 is 12.1 Å². The van der Waals surface area contributed by atoms with E-state index in [1.54, 1.807) is 13.3 Å². The van der Waals surface area contributed by atoms with E-state index in [9.17, 15) is 9.90 Å². The third-order valence-electron chi connectivity index (χ3n) is 6.38. The van der Waals surface area contributed by atoms with E-state index >= 15 is 0 Å². The zero-order valence-corrected chi connectivity index (χ0v) is 21.4. The lowest BCUT2D eigenvalue weighted by Crippen LogP contribution is -2.31. The van der Waals surface area contributed by atoms with Crippen LogP contribution in [0, 0.1) is 0 Å². The topological polar surface area (TPSA) is 103 Å². The number of hydrogen-bond acceptors (Lipinski definition) is 6. The molecule has 2 aromatic carbocycles. The molecule has 196 valence electrons. The molecular weight excluding hydrogens is 472 g/mol. The van der Waals surface area contributed by atoms with Crippen LogP contribution in [0.1, 0.15) is 42.9 Å². The third-order valence-corrected chi connectivity index (χ3v) is 6.38. The second kappa shape index (κ2) is 12.3. The predicted molar refractivity (Wildman–Crippen MR) is 141 cm³/mol. The fourth-order valence-corrected chi connectivity index (χ4v) is 4.64. The number of nitrogens with zero attached hydrogens (tertiary/aromatic N) is 1. The number of aromatic amines is 1. The lowest BCUT2D eigenvalue weighted by atomic mass is 9.96. The van der Waals surface area contributed by atoms with E-state index in [0.717, 1.165) is 58.0 Å². The molecule has 1 atom stereocenters. The van der Waals surface area contributed by atoms with Gasteiger partial charge in [-0.2, -0.15) is 5.10 Å². The molecule has 0 saturated carbocycles. The van der Waals surface area contributed by atoms with E-state index in [2.05, 4.69) is 23.7 Å². The summed E-state index contributed by atoms with van der Waals surface area (Å²) in [5.74, 6) is 1.96. The van der Waals surface area contributed by atoms with Gasteiger partial charge in [-0.05, 0) is 55.5 Å². The van der Waals surface area contributed by atoms with Crippen molar-refractivity contribution in [3.05, 3.63) is 65.9 Å². The average Bonchev–Trinajstić information content (AvgIpc) is 3.44. The van der Waals surface area contributed by atoms with Crippen molar-refractivity contribution in [1.29, 1.82) is 0 Å². The number of aryl methyl sites for hydroxylation is 1. The maximum Gasteiger partial charge on any atom is 0.344 e. The van der Waals surface area contributed by atoms with Crippen molar-refractivity contribution in [2.75, 3.05) is 20.3 Å². The number of carbonyl (C=O) groups is 1. The Bertz CT molecular complexity index is 1220. The molecule has 0 amide bonds. The third kappa shape index (κ3) is 5.90. The lowest BCUT2D eigenvalue weighted by molar-refractivity contribution is -0.145. The van der Waals surface area contributed by atoms with Crippen LogP contribution in [0.3, 0.4) is 0 Å². The number of methoxy groups -OCH3 is 1. The molecule has 8 nitrogen and oxygen atoms in total. The number of H-pyrrole nitrogens is 1. The number of nitrogens with one attached hydrogen (secondary N) is 1. The van der Waals surface area contributed by atoms with Crippen molar-refractivity contribution < 1.29 is 28.8 Å². The first-order valence-corrected chi connectivity index (χ1v) is 12.7. The molecule has 2 N–H and O–H groups in total. The molecule has 8 heteroatoms. The Kier molecular flexibility index (Phi) is 8.72. The molecule has 1 aliphatic rings. The van der Waals surface area contributed by atoms with Crippen LogP contribution in [-0.2, 0) is 24.1 Å². The van der Waals surface area contributed by atoms with Crippen LogP contribution in [0.25, 0.3) is 11.3 Å². The number of hydrogen-bond donors (Lipinski definition) is 2. The second-order valence-electron chi connectivity index (χ2n) is 8.90. The summed E-state index contributed by atoms with van der Waals surface area (Å²) in [6.45, 7) is 6.88. The van der Waals surface area contributed by atoms with Gasteiger partial charge in [0.25, 0.3) is 0 Å². The van der Waals surface area contributed by atoms with Crippen LogP contribution in [0.15, 0.2) is 49.2 Å². The molecule has 0 fully saturated rings. The number of rotatable bonds is 13. The molecule has 4 rings (SSSR count). The highest BCUT2D eigenvalue weighted by atomic mass is 16.5. The summed E-state index contributed by atoms with van der Waals surface area (Å²) in [7, 11) is 1.65. The molecule has 0 saturated heterocycles. The van der Waals surface area contributed by atoms with Gasteiger partial charge in [0.2, 0.25) is 0 Å². The van der Waals surface area contributed by atoms with E-state index in [4.69, 9.17) is 18.9 Å². The Hall–Kier alpha value is -3.94. The highest BCUT2D eigenvalue weighted by Crippen LogP contribution is 2.39. The van der Waals surface area contributed by atoms with E-state index in [-0.39, 0.29) is 0 Å². The number of carboxylic acid groups (broad SMARTS) is 1. The number of aromatic nitrogens is 2. The zero-order chi connectivity index (χ0) is 26.2. The molecule has 37 heavy (non-hydrogen) atoms. The zero-order valence-electron chi connectivity index (χ0n) is 21.4. The Morgan fingerprint density at radius 3 is 2.59 bits per heavy atom. The van der Waals surface area contributed by atoms with Crippen molar-refractivity contribution in [2.24, 2.45) is 0 Å². The molecule has 0 aliphatic carbocycles. The van der Waals surface area contributed by atoms with Gasteiger partial charge >= 0.3 is 5.97 Å². The van der Waals surface area contributed by atoms with E-state index in [0.29, 0.717) is 44.6 Å². The Balaban J connectivity index is 1.41. The summed E-state index contributed by atoms with van der Waals surface area (Å²) >= 11 is 0. The SMILES string of the molecule is C=CCc1c(OCCCOc2ccc3c(c2CCC)OC(C(=O)O)CC3)ccc(-c2ccn[nH]2)c1OC. The Morgan fingerprint density at radius 1 is 1.19 bits per heavy atom. The predicted octanol–water partition coefficient (Wildman–Crippen LogP) is 5.39. The van der Waals surface area contributed by atoms with Gasteiger partial charge in [0.15, 0.2) is 6.10 Å². The number of ether oxygens (including phenoxy) is 4. The molecule has 1 aromatic heterocycles. The van der Waals surface area contributed by atoms with Gasteiger partial charge in [0, 0.05) is 29.3 Å². The maximum atomic E-state index is 11.5. The minimum atomic E-state index is -0.929. The molecule has 3 aromatic rings. The first-order valence-electron chi connectivity index (χ1n) is 12.7.